The van der Waals surface area contributed by atoms with Crippen LogP contribution in [-0.4, -0.2) is 29.7 Å². The molecule has 1 saturated carbocycles. The first kappa shape index (κ1) is 13.5. The van der Waals surface area contributed by atoms with Crippen LogP contribution in [-0.2, 0) is 4.79 Å². The number of hydrogen-bond acceptors (Lipinski definition) is 3. The Labute approximate surface area is 97.6 Å². The van der Waals surface area contributed by atoms with E-state index in [0.717, 1.165) is 25.7 Å². The second kappa shape index (κ2) is 5.64. The number of carbonyl (C=O) groups excluding carboxylic acids is 1. The number of hydrogen-bond donors (Lipinski definition) is 3. The molecule has 0 saturated heterocycles. The van der Waals surface area contributed by atoms with E-state index in [1.165, 1.54) is 0 Å². The van der Waals surface area contributed by atoms with E-state index in [0.29, 0.717) is 18.4 Å². The molecule has 0 aliphatic heterocycles. The molecule has 1 aliphatic carbocycles. The van der Waals surface area contributed by atoms with E-state index in [9.17, 15) is 4.79 Å². The van der Waals surface area contributed by atoms with Crippen molar-refractivity contribution < 1.29 is 9.90 Å². The third-order valence-electron chi connectivity index (χ3n) is 3.13. The molecule has 0 aromatic carbocycles. The predicted molar refractivity (Wildman–Crippen MR) is 63.8 cm³/mol. The highest BCUT2D eigenvalue weighted by Gasteiger charge is 2.45. The normalized spacial score (nSPS) is 19.6. The quantitative estimate of drug-likeness (QED) is 0.598. The largest absolute Gasteiger partial charge is 0.396 e. The van der Waals surface area contributed by atoms with Crippen molar-refractivity contribution in [2.24, 2.45) is 17.6 Å². The van der Waals surface area contributed by atoms with E-state index < -0.39 is 5.54 Å². The molecule has 1 unspecified atom stereocenters. The zero-order valence-corrected chi connectivity index (χ0v) is 10.3. The van der Waals surface area contributed by atoms with Crippen molar-refractivity contribution >= 4 is 5.91 Å². The number of amides is 1. The van der Waals surface area contributed by atoms with E-state index in [4.69, 9.17) is 10.8 Å². The van der Waals surface area contributed by atoms with Gasteiger partial charge in [-0.2, -0.15) is 0 Å². The van der Waals surface area contributed by atoms with E-state index >= 15 is 0 Å². The van der Waals surface area contributed by atoms with E-state index in [1.54, 1.807) is 0 Å². The van der Waals surface area contributed by atoms with Gasteiger partial charge in [0.1, 0.15) is 0 Å². The summed E-state index contributed by atoms with van der Waals surface area (Å²) in [5.41, 5.74) is 5.21. The van der Waals surface area contributed by atoms with Gasteiger partial charge >= 0.3 is 0 Å². The van der Waals surface area contributed by atoms with Crippen molar-refractivity contribution in [2.45, 2.75) is 45.1 Å². The third kappa shape index (κ3) is 4.10. The Morgan fingerprint density at radius 1 is 1.50 bits per heavy atom. The summed E-state index contributed by atoms with van der Waals surface area (Å²) in [5, 5.41) is 11.8. The van der Waals surface area contributed by atoms with Crippen molar-refractivity contribution in [3.05, 3.63) is 0 Å². The topological polar surface area (TPSA) is 75.3 Å². The van der Waals surface area contributed by atoms with Crippen LogP contribution in [0.5, 0.6) is 0 Å². The maximum absolute atomic E-state index is 11.6. The zero-order chi connectivity index (χ0) is 12.2. The van der Waals surface area contributed by atoms with E-state index in [2.05, 4.69) is 19.2 Å². The first-order chi connectivity index (χ1) is 7.48. The highest BCUT2D eigenvalue weighted by molar-refractivity contribution is 5.88. The van der Waals surface area contributed by atoms with Crippen LogP contribution in [0.15, 0.2) is 0 Å². The monoisotopic (exact) mass is 228 g/mol. The van der Waals surface area contributed by atoms with Crippen LogP contribution in [0.2, 0.25) is 0 Å². The second-order valence-corrected chi connectivity index (χ2v) is 5.37. The minimum Gasteiger partial charge on any atom is -0.396 e. The van der Waals surface area contributed by atoms with E-state index in [-0.39, 0.29) is 12.5 Å². The zero-order valence-electron chi connectivity index (χ0n) is 10.3. The molecule has 0 aromatic heterocycles. The summed E-state index contributed by atoms with van der Waals surface area (Å²) in [7, 11) is 0. The molecule has 16 heavy (non-hydrogen) atoms. The van der Waals surface area contributed by atoms with Gasteiger partial charge in [-0.1, -0.05) is 13.8 Å². The van der Waals surface area contributed by atoms with Gasteiger partial charge in [0, 0.05) is 13.2 Å². The average molecular weight is 228 g/mol. The van der Waals surface area contributed by atoms with Crippen LogP contribution in [0.1, 0.15) is 39.5 Å². The van der Waals surface area contributed by atoms with Crippen molar-refractivity contribution in [1.29, 1.82) is 0 Å². The van der Waals surface area contributed by atoms with Gasteiger partial charge < -0.3 is 16.2 Å². The molecule has 1 rings (SSSR count). The molecular formula is C12H24N2O2. The minimum absolute atomic E-state index is 0.0285. The van der Waals surface area contributed by atoms with Crippen LogP contribution in [0.3, 0.4) is 0 Å². The molecular weight excluding hydrogens is 204 g/mol. The fourth-order valence-electron chi connectivity index (χ4n) is 1.93. The maximum Gasteiger partial charge on any atom is 0.240 e. The number of aliphatic hydroxyl groups is 1. The molecule has 0 heterocycles. The molecule has 0 bridgehead atoms. The molecule has 4 N–H and O–H groups in total. The molecule has 1 atom stereocenters. The predicted octanol–water partition coefficient (Wildman–Crippen LogP) is 0.639. The highest BCUT2D eigenvalue weighted by Crippen LogP contribution is 2.32. The Morgan fingerprint density at radius 2 is 2.12 bits per heavy atom. The first-order valence-electron chi connectivity index (χ1n) is 6.16. The van der Waals surface area contributed by atoms with Crippen LogP contribution in [0, 0.1) is 11.8 Å². The van der Waals surface area contributed by atoms with Crippen molar-refractivity contribution in [3.63, 3.8) is 0 Å². The lowest BCUT2D eigenvalue weighted by Crippen LogP contribution is -2.44. The smallest absolute Gasteiger partial charge is 0.240 e. The molecule has 1 fully saturated rings. The molecule has 0 radical (unpaired) electrons. The summed E-state index contributed by atoms with van der Waals surface area (Å²) in [6.45, 7) is 5.12. The summed E-state index contributed by atoms with van der Waals surface area (Å²) < 4.78 is 0. The van der Waals surface area contributed by atoms with Crippen LogP contribution < -0.4 is 11.1 Å². The Balaban J connectivity index is 2.28. The molecule has 4 heteroatoms. The van der Waals surface area contributed by atoms with Gasteiger partial charge in [-0.25, -0.2) is 0 Å². The van der Waals surface area contributed by atoms with Gasteiger partial charge in [0.2, 0.25) is 5.91 Å². The van der Waals surface area contributed by atoms with Gasteiger partial charge in [0.05, 0.1) is 5.54 Å². The molecule has 94 valence electrons. The third-order valence-corrected chi connectivity index (χ3v) is 3.13. The maximum atomic E-state index is 11.6. The molecule has 0 spiro atoms. The summed E-state index contributed by atoms with van der Waals surface area (Å²) in [5.74, 6) is 0.914. The number of nitrogens with one attached hydrogen (secondary N) is 1. The van der Waals surface area contributed by atoms with Gasteiger partial charge in [0.15, 0.2) is 0 Å². The lowest BCUT2D eigenvalue weighted by molar-refractivity contribution is -0.123. The molecule has 0 aromatic rings. The lowest BCUT2D eigenvalue weighted by atomic mass is 9.94. The summed E-state index contributed by atoms with van der Waals surface area (Å²) in [6, 6.07) is 0. The Kier molecular flexibility index (Phi) is 4.74. The van der Waals surface area contributed by atoms with Crippen LogP contribution in [0.4, 0.5) is 0 Å². The summed E-state index contributed by atoms with van der Waals surface area (Å²) >= 11 is 0. The lowest BCUT2D eigenvalue weighted by Gasteiger charge is -2.19. The standard InChI is InChI=1S/C12H24N2O2/c1-9(2)7-10(3-6-15)8-14-11(16)12(13)4-5-12/h9-10,15H,3-8,13H2,1-2H3,(H,14,16). The van der Waals surface area contributed by atoms with Crippen molar-refractivity contribution in [3.8, 4) is 0 Å². The van der Waals surface area contributed by atoms with Gasteiger partial charge in [-0.3, -0.25) is 4.79 Å². The summed E-state index contributed by atoms with van der Waals surface area (Å²) in [6.07, 6.45) is 3.37. The Bertz CT molecular complexity index is 237. The van der Waals surface area contributed by atoms with Crippen LogP contribution >= 0.6 is 0 Å². The molecule has 1 aliphatic rings. The minimum atomic E-state index is -0.582. The number of carbonyl (C=O) groups is 1. The van der Waals surface area contributed by atoms with E-state index in [1.807, 2.05) is 0 Å². The van der Waals surface area contributed by atoms with Gasteiger partial charge in [-0.05, 0) is 37.5 Å². The fourth-order valence-corrected chi connectivity index (χ4v) is 1.93. The molecule has 1 amide bonds. The van der Waals surface area contributed by atoms with Gasteiger partial charge in [0.25, 0.3) is 0 Å². The van der Waals surface area contributed by atoms with Crippen molar-refractivity contribution in [1.82, 2.24) is 5.32 Å². The Hall–Kier alpha value is -0.610. The number of rotatable bonds is 7. The van der Waals surface area contributed by atoms with Crippen molar-refractivity contribution in [2.75, 3.05) is 13.2 Å². The summed E-state index contributed by atoms with van der Waals surface area (Å²) in [4.78, 5) is 11.6. The van der Waals surface area contributed by atoms with Gasteiger partial charge in [-0.15, -0.1) is 0 Å². The number of nitrogens with two attached hydrogens (primary N) is 1. The number of aliphatic hydroxyl groups excluding tert-OH is 1. The SMILES string of the molecule is CC(C)CC(CCO)CNC(=O)C1(N)CC1. The second-order valence-electron chi connectivity index (χ2n) is 5.37. The first-order valence-corrected chi connectivity index (χ1v) is 6.16. The highest BCUT2D eigenvalue weighted by atomic mass is 16.3. The van der Waals surface area contributed by atoms with Crippen LogP contribution in [0.25, 0.3) is 0 Å². The molecule has 4 nitrogen and oxygen atoms in total. The average Bonchev–Trinajstić information content (AvgIpc) is 2.93. The fraction of sp³-hybridized carbons (Fsp3) is 0.917. The Morgan fingerprint density at radius 3 is 2.56 bits per heavy atom.